The van der Waals surface area contributed by atoms with Crippen LogP contribution < -0.4 is 0 Å². The lowest BCUT2D eigenvalue weighted by atomic mass is 10.1. The molecule has 0 saturated heterocycles. The summed E-state index contributed by atoms with van der Waals surface area (Å²) in [4.78, 5) is 1.67. The van der Waals surface area contributed by atoms with E-state index in [0.29, 0.717) is 18.7 Å². The van der Waals surface area contributed by atoms with Crippen LogP contribution in [0.4, 0.5) is 13.2 Å². The van der Waals surface area contributed by atoms with E-state index >= 15 is 0 Å². The van der Waals surface area contributed by atoms with Gasteiger partial charge in [0.25, 0.3) is 0 Å². The number of aliphatic hydroxyl groups excluding tert-OH is 1. The Hall–Kier alpha value is -1.07. The van der Waals surface area contributed by atoms with E-state index in [-0.39, 0.29) is 6.73 Å². The second kappa shape index (κ2) is 3.50. The van der Waals surface area contributed by atoms with Crippen LogP contribution in [0.1, 0.15) is 16.7 Å². The van der Waals surface area contributed by atoms with Gasteiger partial charge in [-0.25, -0.2) is 0 Å². The molecule has 5 heteroatoms. The fourth-order valence-electron chi connectivity index (χ4n) is 1.74. The summed E-state index contributed by atoms with van der Waals surface area (Å²) in [6.07, 6.45) is -4.29. The minimum Gasteiger partial charge on any atom is -0.381 e. The van der Waals surface area contributed by atoms with E-state index in [1.807, 2.05) is 0 Å². The third-order valence-corrected chi connectivity index (χ3v) is 2.52. The number of hydrogen-bond donors (Lipinski definition) is 1. The van der Waals surface area contributed by atoms with Gasteiger partial charge in [0.05, 0.1) is 12.3 Å². The summed E-state index contributed by atoms with van der Waals surface area (Å²) in [7, 11) is 0. The largest absolute Gasteiger partial charge is 0.416 e. The molecule has 0 saturated carbocycles. The first-order valence-corrected chi connectivity index (χ1v) is 4.53. The fourth-order valence-corrected chi connectivity index (χ4v) is 1.74. The normalized spacial score (nSPS) is 16.8. The zero-order valence-electron chi connectivity index (χ0n) is 7.88. The van der Waals surface area contributed by atoms with Crippen molar-refractivity contribution in [3.05, 3.63) is 34.9 Å². The quantitative estimate of drug-likeness (QED) is 0.777. The molecule has 0 amide bonds. The molecule has 0 radical (unpaired) electrons. The Balaban J connectivity index is 2.30. The van der Waals surface area contributed by atoms with Crippen LogP contribution in [0.15, 0.2) is 18.2 Å². The van der Waals surface area contributed by atoms with Gasteiger partial charge in [-0.15, -0.1) is 0 Å². The number of benzene rings is 1. The molecule has 82 valence electrons. The number of fused-ring (bicyclic) bond motifs is 1. The van der Waals surface area contributed by atoms with Crippen molar-refractivity contribution in [1.82, 2.24) is 4.90 Å². The second-order valence-corrected chi connectivity index (χ2v) is 3.61. The van der Waals surface area contributed by atoms with E-state index in [9.17, 15) is 13.2 Å². The maximum absolute atomic E-state index is 12.4. The van der Waals surface area contributed by atoms with Crippen molar-refractivity contribution in [2.24, 2.45) is 0 Å². The van der Waals surface area contributed by atoms with Crippen LogP contribution in [0.5, 0.6) is 0 Å². The van der Waals surface area contributed by atoms with E-state index in [0.717, 1.165) is 17.7 Å². The third kappa shape index (κ3) is 1.98. The highest BCUT2D eigenvalue weighted by atomic mass is 19.4. The number of nitrogens with zero attached hydrogens (tertiary/aromatic N) is 1. The predicted molar refractivity (Wildman–Crippen MR) is 47.8 cm³/mol. The fraction of sp³-hybridized carbons (Fsp3) is 0.400. The molecule has 1 aromatic rings. The highest BCUT2D eigenvalue weighted by Crippen LogP contribution is 2.32. The third-order valence-electron chi connectivity index (χ3n) is 2.52. The van der Waals surface area contributed by atoms with E-state index in [1.54, 1.807) is 4.90 Å². The van der Waals surface area contributed by atoms with Crippen molar-refractivity contribution < 1.29 is 18.3 Å². The van der Waals surface area contributed by atoms with E-state index in [4.69, 9.17) is 5.11 Å². The van der Waals surface area contributed by atoms with E-state index in [1.165, 1.54) is 6.07 Å². The smallest absolute Gasteiger partial charge is 0.381 e. The summed E-state index contributed by atoms with van der Waals surface area (Å²) in [5.74, 6) is 0. The van der Waals surface area contributed by atoms with Gasteiger partial charge in [-0.05, 0) is 23.3 Å². The minimum absolute atomic E-state index is 0.129. The van der Waals surface area contributed by atoms with Gasteiger partial charge in [0.2, 0.25) is 0 Å². The maximum Gasteiger partial charge on any atom is 0.416 e. The minimum atomic E-state index is -4.29. The Morgan fingerprint density at radius 1 is 1.20 bits per heavy atom. The summed E-state index contributed by atoms with van der Waals surface area (Å²) in [6.45, 7) is 0.774. The Kier molecular flexibility index (Phi) is 2.44. The van der Waals surface area contributed by atoms with Crippen molar-refractivity contribution in [2.75, 3.05) is 6.73 Å². The Morgan fingerprint density at radius 3 is 2.47 bits per heavy atom. The lowest BCUT2D eigenvalue weighted by Crippen LogP contribution is -2.16. The molecular formula is C10H10F3NO. The highest BCUT2D eigenvalue weighted by Gasteiger charge is 2.32. The summed E-state index contributed by atoms with van der Waals surface area (Å²) in [5.41, 5.74) is 0.886. The molecule has 0 spiro atoms. The van der Waals surface area contributed by atoms with Gasteiger partial charge in [0.15, 0.2) is 0 Å². The molecule has 0 aliphatic carbocycles. The van der Waals surface area contributed by atoms with Crippen LogP contribution in [-0.4, -0.2) is 16.7 Å². The average Bonchev–Trinajstić information content (AvgIpc) is 2.57. The van der Waals surface area contributed by atoms with Gasteiger partial charge in [0.1, 0.15) is 0 Å². The Bertz CT molecular complexity index is 375. The van der Waals surface area contributed by atoms with Gasteiger partial charge in [-0.1, -0.05) is 6.07 Å². The van der Waals surface area contributed by atoms with Gasteiger partial charge in [0, 0.05) is 13.1 Å². The summed E-state index contributed by atoms with van der Waals surface area (Å²) >= 11 is 0. The molecule has 2 rings (SSSR count). The summed E-state index contributed by atoms with van der Waals surface area (Å²) in [6, 6.07) is 3.72. The predicted octanol–water partition coefficient (Wildman–Crippen LogP) is 1.97. The molecule has 1 heterocycles. The van der Waals surface area contributed by atoms with Crippen molar-refractivity contribution in [3.8, 4) is 0 Å². The maximum atomic E-state index is 12.4. The van der Waals surface area contributed by atoms with Crippen molar-refractivity contribution >= 4 is 0 Å². The topological polar surface area (TPSA) is 23.5 Å². The first-order chi connectivity index (χ1) is 7.00. The van der Waals surface area contributed by atoms with E-state index in [2.05, 4.69) is 0 Å². The number of alkyl halides is 3. The summed E-state index contributed by atoms with van der Waals surface area (Å²) < 4.78 is 37.1. The van der Waals surface area contributed by atoms with Gasteiger partial charge >= 0.3 is 6.18 Å². The van der Waals surface area contributed by atoms with Crippen molar-refractivity contribution in [2.45, 2.75) is 19.3 Å². The second-order valence-electron chi connectivity index (χ2n) is 3.61. The lowest BCUT2D eigenvalue weighted by molar-refractivity contribution is -0.137. The van der Waals surface area contributed by atoms with Crippen molar-refractivity contribution in [1.29, 1.82) is 0 Å². The van der Waals surface area contributed by atoms with Gasteiger partial charge in [-0.2, -0.15) is 13.2 Å². The van der Waals surface area contributed by atoms with Crippen LogP contribution in [0.25, 0.3) is 0 Å². The number of hydrogen-bond acceptors (Lipinski definition) is 2. The van der Waals surface area contributed by atoms with Crippen molar-refractivity contribution in [3.63, 3.8) is 0 Å². The van der Waals surface area contributed by atoms with Crippen LogP contribution in [0.2, 0.25) is 0 Å². The average molecular weight is 217 g/mol. The highest BCUT2D eigenvalue weighted by molar-refractivity contribution is 5.35. The molecule has 0 bridgehead atoms. The summed E-state index contributed by atoms with van der Waals surface area (Å²) in [5, 5.41) is 8.87. The van der Waals surface area contributed by atoms with Crippen LogP contribution >= 0.6 is 0 Å². The molecule has 1 N–H and O–H groups in total. The van der Waals surface area contributed by atoms with Crippen LogP contribution in [0, 0.1) is 0 Å². The first kappa shape index (κ1) is 10.4. The Morgan fingerprint density at radius 2 is 1.87 bits per heavy atom. The molecule has 1 aliphatic rings. The zero-order valence-corrected chi connectivity index (χ0v) is 7.88. The van der Waals surface area contributed by atoms with Crippen LogP contribution in [0.3, 0.4) is 0 Å². The number of halogens is 3. The lowest BCUT2D eigenvalue weighted by Gasteiger charge is -2.08. The molecule has 1 aliphatic heterocycles. The standard InChI is InChI=1S/C10H10F3NO/c11-10(12,13)9-2-1-7-4-14(6-15)5-8(7)3-9/h1-3,15H,4-6H2. The molecule has 0 unspecified atom stereocenters. The molecule has 15 heavy (non-hydrogen) atoms. The molecular weight excluding hydrogens is 207 g/mol. The van der Waals surface area contributed by atoms with E-state index < -0.39 is 11.7 Å². The molecule has 2 nitrogen and oxygen atoms in total. The molecule has 0 fully saturated rings. The number of aliphatic hydroxyl groups is 1. The monoisotopic (exact) mass is 217 g/mol. The van der Waals surface area contributed by atoms with Crippen LogP contribution in [-0.2, 0) is 19.3 Å². The number of rotatable bonds is 1. The SMILES string of the molecule is OCN1Cc2ccc(C(F)(F)F)cc2C1. The molecule has 0 aromatic heterocycles. The Labute approximate surface area is 84.9 Å². The molecule has 1 aromatic carbocycles. The van der Waals surface area contributed by atoms with Gasteiger partial charge in [-0.3, -0.25) is 4.90 Å². The zero-order chi connectivity index (χ0) is 11.1. The van der Waals surface area contributed by atoms with Gasteiger partial charge < -0.3 is 5.11 Å². The molecule has 0 atom stereocenters. The first-order valence-electron chi connectivity index (χ1n) is 4.53.